The van der Waals surface area contributed by atoms with Crippen LogP contribution in [0.4, 0.5) is 0 Å². The summed E-state index contributed by atoms with van der Waals surface area (Å²) in [5.41, 5.74) is 1.16. The van der Waals surface area contributed by atoms with Crippen LogP contribution >= 0.6 is 11.6 Å². The zero-order valence-corrected chi connectivity index (χ0v) is 9.22. The third kappa shape index (κ3) is 1.79. The maximum atomic E-state index is 6.13. The average Bonchev–Trinajstić information content (AvgIpc) is 2.61. The Bertz CT molecular complexity index is 302. The van der Waals surface area contributed by atoms with Gasteiger partial charge in [-0.15, -0.1) is 0 Å². The summed E-state index contributed by atoms with van der Waals surface area (Å²) in [6.07, 6.45) is 5.47. The van der Waals surface area contributed by atoms with Crippen LogP contribution in [0.15, 0.2) is 6.20 Å². The molecule has 1 aromatic heterocycles. The first-order valence-electron chi connectivity index (χ1n) is 5.27. The van der Waals surface area contributed by atoms with Crippen LogP contribution in [-0.4, -0.2) is 16.3 Å². The van der Waals surface area contributed by atoms with E-state index >= 15 is 0 Å². The van der Waals surface area contributed by atoms with Crippen LogP contribution in [0.1, 0.15) is 37.9 Å². The molecule has 0 saturated carbocycles. The van der Waals surface area contributed by atoms with Gasteiger partial charge in [-0.25, -0.2) is 0 Å². The number of hydrogen-bond donors (Lipinski definition) is 1. The predicted octanol–water partition coefficient (Wildman–Crippen LogP) is 2.37. The molecule has 1 N–H and O–H groups in total. The molecule has 1 aromatic rings. The van der Waals surface area contributed by atoms with Gasteiger partial charge in [-0.1, -0.05) is 18.0 Å². The van der Waals surface area contributed by atoms with E-state index in [0.717, 1.165) is 23.8 Å². The fourth-order valence-electron chi connectivity index (χ4n) is 2.06. The Morgan fingerprint density at radius 3 is 3.14 bits per heavy atom. The van der Waals surface area contributed by atoms with Gasteiger partial charge in [-0.3, -0.25) is 4.68 Å². The minimum Gasteiger partial charge on any atom is -0.309 e. The number of nitrogens with one attached hydrogen (secondary N) is 1. The highest BCUT2D eigenvalue weighted by Crippen LogP contribution is 2.28. The normalized spacial score (nSPS) is 22.6. The van der Waals surface area contributed by atoms with Gasteiger partial charge < -0.3 is 5.32 Å². The first-order valence-corrected chi connectivity index (χ1v) is 5.65. The number of aromatic nitrogens is 2. The highest BCUT2D eigenvalue weighted by molar-refractivity contribution is 6.31. The lowest BCUT2D eigenvalue weighted by molar-refractivity contribution is 0.388. The highest BCUT2D eigenvalue weighted by Gasteiger charge is 2.21. The number of piperidine rings is 1. The number of nitrogens with zero attached hydrogens (tertiary/aromatic N) is 2. The minimum atomic E-state index is 0.402. The zero-order chi connectivity index (χ0) is 9.97. The lowest BCUT2D eigenvalue weighted by Crippen LogP contribution is -2.29. The number of aryl methyl sites for hydroxylation is 1. The molecule has 2 heterocycles. The molecule has 0 aliphatic carbocycles. The number of rotatable bonds is 2. The highest BCUT2D eigenvalue weighted by atomic mass is 35.5. The van der Waals surface area contributed by atoms with Crippen molar-refractivity contribution in [1.29, 1.82) is 0 Å². The van der Waals surface area contributed by atoms with E-state index in [0.29, 0.717) is 6.04 Å². The van der Waals surface area contributed by atoms with Crippen molar-refractivity contribution >= 4 is 11.6 Å². The van der Waals surface area contributed by atoms with Crippen molar-refractivity contribution in [2.75, 3.05) is 6.54 Å². The van der Waals surface area contributed by atoms with E-state index in [-0.39, 0.29) is 0 Å². The molecular weight excluding hydrogens is 198 g/mol. The third-order valence-corrected chi connectivity index (χ3v) is 3.06. The second-order valence-corrected chi connectivity index (χ2v) is 4.10. The second kappa shape index (κ2) is 4.32. The summed E-state index contributed by atoms with van der Waals surface area (Å²) in [7, 11) is 0. The summed E-state index contributed by atoms with van der Waals surface area (Å²) < 4.78 is 1.99. The molecule has 1 saturated heterocycles. The Kier molecular flexibility index (Phi) is 3.08. The fourth-order valence-corrected chi connectivity index (χ4v) is 2.33. The summed E-state index contributed by atoms with van der Waals surface area (Å²) in [6, 6.07) is 0.402. The Morgan fingerprint density at radius 2 is 2.50 bits per heavy atom. The summed E-state index contributed by atoms with van der Waals surface area (Å²) in [6.45, 7) is 4.08. The van der Waals surface area contributed by atoms with E-state index in [9.17, 15) is 0 Å². The lowest BCUT2D eigenvalue weighted by atomic mass is 10.0. The molecule has 0 amide bonds. The predicted molar refractivity (Wildman–Crippen MR) is 57.5 cm³/mol. The molecule has 3 nitrogen and oxygen atoms in total. The first-order chi connectivity index (χ1) is 6.83. The van der Waals surface area contributed by atoms with Gasteiger partial charge >= 0.3 is 0 Å². The maximum absolute atomic E-state index is 6.13. The van der Waals surface area contributed by atoms with E-state index in [1.54, 1.807) is 6.20 Å². The fraction of sp³-hybridized carbons (Fsp3) is 0.700. The van der Waals surface area contributed by atoms with Crippen LogP contribution in [0.5, 0.6) is 0 Å². The van der Waals surface area contributed by atoms with Crippen molar-refractivity contribution in [3.63, 3.8) is 0 Å². The molecule has 1 fully saturated rings. The topological polar surface area (TPSA) is 29.9 Å². The summed E-state index contributed by atoms with van der Waals surface area (Å²) in [5, 5.41) is 8.54. The first kappa shape index (κ1) is 9.99. The van der Waals surface area contributed by atoms with Gasteiger partial charge in [0.05, 0.1) is 23.0 Å². The van der Waals surface area contributed by atoms with Crippen LogP contribution in [0, 0.1) is 0 Å². The van der Waals surface area contributed by atoms with Crippen LogP contribution in [-0.2, 0) is 6.54 Å². The molecule has 1 unspecified atom stereocenters. The molecule has 0 bridgehead atoms. The van der Waals surface area contributed by atoms with Crippen LogP contribution < -0.4 is 5.32 Å². The molecule has 4 heteroatoms. The summed E-state index contributed by atoms with van der Waals surface area (Å²) >= 11 is 6.13. The molecule has 0 radical (unpaired) electrons. The minimum absolute atomic E-state index is 0.402. The molecule has 14 heavy (non-hydrogen) atoms. The average molecular weight is 214 g/mol. The van der Waals surface area contributed by atoms with Crippen LogP contribution in [0.3, 0.4) is 0 Å². The smallest absolute Gasteiger partial charge is 0.0834 e. The van der Waals surface area contributed by atoms with Gasteiger partial charge in [-0.05, 0) is 26.3 Å². The van der Waals surface area contributed by atoms with Crippen molar-refractivity contribution in [3.05, 3.63) is 16.9 Å². The van der Waals surface area contributed by atoms with Crippen LogP contribution in [0.2, 0.25) is 5.02 Å². The maximum Gasteiger partial charge on any atom is 0.0834 e. The van der Waals surface area contributed by atoms with E-state index in [1.165, 1.54) is 19.3 Å². The lowest BCUT2D eigenvalue weighted by Gasteiger charge is -2.24. The quantitative estimate of drug-likeness (QED) is 0.818. The Morgan fingerprint density at radius 1 is 1.64 bits per heavy atom. The van der Waals surface area contributed by atoms with Gasteiger partial charge in [-0.2, -0.15) is 5.10 Å². The second-order valence-electron chi connectivity index (χ2n) is 3.70. The van der Waals surface area contributed by atoms with Gasteiger partial charge in [0.1, 0.15) is 0 Å². The Balaban J connectivity index is 2.23. The van der Waals surface area contributed by atoms with Crippen molar-refractivity contribution in [2.45, 2.75) is 38.8 Å². The molecule has 1 aliphatic heterocycles. The molecular formula is C10H16ClN3. The van der Waals surface area contributed by atoms with Gasteiger partial charge in [0.25, 0.3) is 0 Å². The summed E-state index contributed by atoms with van der Waals surface area (Å²) in [5.74, 6) is 0. The molecule has 2 rings (SSSR count). The molecule has 78 valence electrons. The van der Waals surface area contributed by atoms with Crippen molar-refractivity contribution < 1.29 is 0 Å². The van der Waals surface area contributed by atoms with E-state index < -0.39 is 0 Å². The number of hydrogen-bond acceptors (Lipinski definition) is 2. The van der Waals surface area contributed by atoms with E-state index in [1.807, 2.05) is 4.68 Å². The van der Waals surface area contributed by atoms with Gasteiger partial charge in [0.2, 0.25) is 0 Å². The Labute approximate surface area is 89.4 Å². The van der Waals surface area contributed by atoms with Crippen molar-refractivity contribution in [1.82, 2.24) is 15.1 Å². The monoisotopic (exact) mass is 213 g/mol. The zero-order valence-electron chi connectivity index (χ0n) is 8.46. The molecule has 0 spiro atoms. The van der Waals surface area contributed by atoms with E-state index in [2.05, 4.69) is 17.3 Å². The van der Waals surface area contributed by atoms with Gasteiger partial charge in [0.15, 0.2) is 0 Å². The number of halogens is 1. The van der Waals surface area contributed by atoms with Crippen molar-refractivity contribution in [3.8, 4) is 0 Å². The molecule has 1 atom stereocenters. The molecule has 1 aliphatic rings. The van der Waals surface area contributed by atoms with Crippen LogP contribution in [0.25, 0.3) is 0 Å². The third-order valence-electron chi connectivity index (χ3n) is 2.77. The Hall–Kier alpha value is -0.540. The molecule has 0 aromatic carbocycles. The van der Waals surface area contributed by atoms with Crippen molar-refractivity contribution in [2.24, 2.45) is 0 Å². The SMILES string of the molecule is CCn1ncc(Cl)c1C1CCCCN1. The van der Waals surface area contributed by atoms with E-state index in [4.69, 9.17) is 11.6 Å². The van der Waals surface area contributed by atoms with Gasteiger partial charge in [0, 0.05) is 6.54 Å². The summed E-state index contributed by atoms with van der Waals surface area (Å²) in [4.78, 5) is 0. The largest absolute Gasteiger partial charge is 0.309 e. The standard InChI is InChI=1S/C10H16ClN3/c1-2-14-10(8(11)7-13-14)9-5-3-4-6-12-9/h7,9,12H,2-6H2,1H3.